The number of nitrogens with one attached hydrogen (secondary N) is 1. The molecule has 0 saturated carbocycles. The third-order valence-electron chi connectivity index (χ3n) is 3.60. The minimum Gasteiger partial charge on any atom is -0.310 e. The van der Waals surface area contributed by atoms with Crippen molar-refractivity contribution >= 4 is 0 Å². The molecule has 0 amide bonds. The molecule has 17 heavy (non-hydrogen) atoms. The number of aryl methyl sites for hydroxylation is 2. The summed E-state index contributed by atoms with van der Waals surface area (Å²) in [5.74, 6) is 1.34. The van der Waals surface area contributed by atoms with E-state index in [2.05, 4.69) is 65.1 Å². The minimum absolute atomic E-state index is 0.471. The van der Waals surface area contributed by atoms with Crippen LogP contribution in [-0.2, 0) is 0 Å². The summed E-state index contributed by atoms with van der Waals surface area (Å²) < 4.78 is 0. The Labute approximate surface area is 107 Å². The maximum atomic E-state index is 3.63. The molecule has 1 aromatic carbocycles. The molecule has 0 bridgehead atoms. The topological polar surface area (TPSA) is 12.0 Å². The Balaban J connectivity index is 3.04. The van der Waals surface area contributed by atoms with Crippen molar-refractivity contribution in [1.29, 1.82) is 0 Å². The quantitative estimate of drug-likeness (QED) is 0.802. The SMILES string of the molecule is CCNC(c1cc(C)cc(C)c1)C(C)C(C)C. The second kappa shape index (κ2) is 6.20. The van der Waals surface area contributed by atoms with Gasteiger partial charge in [-0.2, -0.15) is 0 Å². The van der Waals surface area contributed by atoms with Crippen LogP contribution in [0.1, 0.15) is 50.4 Å². The van der Waals surface area contributed by atoms with E-state index in [9.17, 15) is 0 Å². The fourth-order valence-corrected chi connectivity index (χ4v) is 2.40. The van der Waals surface area contributed by atoms with Crippen LogP contribution in [0.2, 0.25) is 0 Å². The lowest BCUT2D eigenvalue weighted by Crippen LogP contribution is -2.29. The Morgan fingerprint density at radius 3 is 1.94 bits per heavy atom. The molecule has 0 aromatic heterocycles. The molecule has 2 atom stereocenters. The summed E-state index contributed by atoms with van der Waals surface area (Å²) in [6.45, 7) is 14.5. The Bertz CT molecular complexity index is 334. The molecule has 1 aromatic rings. The molecule has 0 radical (unpaired) electrons. The molecule has 0 fully saturated rings. The lowest BCUT2D eigenvalue weighted by atomic mass is 9.85. The summed E-state index contributed by atoms with van der Waals surface area (Å²) >= 11 is 0. The van der Waals surface area contributed by atoms with Gasteiger partial charge in [0, 0.05) is 6.04 Å². The second-order valence-electron chi connectivity index (χ2n) is 5.56. The first-order chi connectivity index (χ1) is 7.95. The summed E-state index contributed by atoms with van der Waals surface area (Å²) in [4.78, 5) is 0. The average Bonchev–Trinajstić information content (AvgIpc) is 2.23. The molecule has 2 unspecified atom stereocenters. The van der Waals surface area contributed by atoms with E-state index >= 15 is 0 Å². The molecule has 0 spiro atoms. The van der Waals surface area contributed by atoms with Crippen LogP contribution < -0.4 is 5.32 Å². The van der Waals surface area contributed by atoms with Gasteiger partial charge in [-0.05, 0) is 37.8 Å². The van der Waals surface area contributed by atoms with E-state index in [1.165, 1.54) is 16.7 Å². The van der Waals surface area contributed by atoms with Gasteiger partial charge in [-0.1, -0.05) is 57.0 Å². The van der Waals surface area contributed by atoms with E-state index in [1.54, 1.807) is 0 Å². The summed E-state index contributed by atoms with van der Waals surface area (Å²) in [7, 11) is 0. The van der Waals surface area contributed by atoms with Gasteiger partial charge in [0.2, 0.25) is 0 Å². The summed E-state index contributed by atoms with van der Waals surface area (Å²) in [6, 6.07) is 7.35. The van der Waals surface area contributed by atoms with Gasteiger partial charge < -0.3 is 5.32 Å². The summed E-state index contributed by atoms with van der Waals surface area (Å²) in [5, 5.41) is 3.63. The van der Waals surface area contributed by atoms with Crippen molar-refractivity contribution in [2.24, 2.45) is 11.8 Å². The van der Waals surface area contributed by atoms with Gasteiger partial charge >= 0.3 is 0 Å². The maximum absolute atomic E-state index is 3.63. The highest BCUT2D eigenvalue weighted by atomic mass is 14.9. The zero-order valence-electron chi connectivity index (χ0n) is 12.2. The molecule has 0 aliphatic carbocycles. The van der Waals surface area contributed by atoms with Gasteiger partial charge in [-0.15, -0.1) is 0 Å². The normalized spacial score (nSPS) is 15.0. The molecule has 1 heteroatoms. The maximum Gasteiger partial charge on any atom is 0.0348 e. The van der Waals surface area contributed by atoms with Crippen molar-refractivity contribution in [3.63, 3.8) is 0 Å². The third kappa shape index (κ3) is 3.85. The third-order valence-corrected chi connectivity index (χ3v) is 3.60. The highest BCUT2D eigenvalue weighted by molar-refractivity contribution is 5.31. The highest BCUT2D eigenvalue weighted by Crippen LogP contribution is 2.28. The van der Waals surface area contributed by atoms with Gasteiger partial charge in [0.1, 0.15) is 0 Å². The molecule has 0 saturated heterocycles. The molecule has 1 rings (SSSR count). The Morgan fingerprint density at radius 2 is 1.53 bits per heavy atom. The molecule has 1 N–H and O–H groups in total. The molecule has 0 aliphatic heterocycles. The van der Waals surface area contributed by atoms with Crippen molar-refractivity contribution in [1.82, 2.24) is 5.32 Å². The highest BCUT2D eigenvalue weighted by Gasteiger charge is 2.21. The molecular weight excluding hydrogens is 206 g/mol. The number of benzene rings is 1. The second-order valence-corrected chi connectivity index (χ2v) is 5.56. The van der Waals surface area contributed by atoms with Gasteiger partial charge in [0.15, 0.2) is 0 Å². The van der Waals surface area contributed by atoms with Crippen LogP contribution >= 0.6 is 0 Å². The van der Waals surface area contributed by atoms with Crippen molar-refractivity contribution in [2.75, 3.05) is 6.54 Å². The smallest absolute Gasteiger partial charge is 0.0348 e. The molecule has 96 valence electrons. The summed E-state index contributed by atoms with van der Waals surface area (Å²) in [6.07, 6.45) is 0. The van der Waals surface area contributed by atoms with E-state index < -0.39 is 0 Å². The van der Waals surface area contributed by atoms with E-state index in [1.807, 2.05) is 0 Å². The Hall–Kier alpha value is -0.820. The first-order valence-electron chi connectivity index (χ1n) is 6.77. The van der Waals surface area contributed by atoms with E-state index in [-0.39, 0.29) is 0 Å². The number of rotatable bonds is 5. The van der Waals surface area contributed by atoms with Crippen molar-refractivity contribution in [3.05, 3.63) is 34.9 Å². The standard InChI is InChI=1S/C16H27N/c1-7-17-16(14(6)11(2)3)15-9-12(4)8-13(5)10-15/h8-11,14,16-17H,7H2,1-6H3. The van der Waals surface area contributed by atoms with Gasteiger partial charge in [-0.3, -0.25) is 0 Å². The predicted octanol–water partition coefficient (Wildman–Crippen LogP) is 4.25. The van der Waals surface area contributed by atoms with Gasteiger partial charge in [0.25, 0.3) is 0 Å². The average molecular weight is 233 g/mol. The Kier molecular flexibility index (Phi) is 5.20. The monoisotopic (exact) mass is 233 g/mol. The number of hydrogen-bond donors (Lipinski definition) is 1. The van der Waals surface area contributed by atoms with Crippen molar-refractivity contribution in [2.45, 2.75) is 47.6 Å². The van der Waals surface area contributed by atoms with Crippen LogP contribution in [0.25, 0.3) is 0 Å². The van der Waals surface area contributed by atoms with E-state index in [0.717, 1.165) is 6.54 Å². The predicted molar refractivity (Wildman–Crippen MR) is 76.3 cm³/mol. The van der Waals surface area contributed by atoms with Crippen molar-refractivity contribution < 1.29 is 0 Å². The van der Waals surface area contributed by atoms with Crippen LogP contribution in [0.3, 0.4) is 0 Å². The zero-order valence-corrected chi connectivity index (χ0v) is 12.2. The molecule has 0 aliphatic rings. The lowest BCUT2D eigenvalue weighted by Gasteiger charge is -2.28. The van der Waals surface area contributed by atoms with E-state index in [4.69, 9.17) is 0 Å². The van der Waals surface area contributed by atoms with Gasteiger partial charge in [0.05, 0.1) is 0 Å². The van der Waals surface area contributed by atoms with Gasteiger partial charge in [-0.25, -0.2) is 0 Å². The fraction of sp³-hybridized carbons (Fsp3) is 0.625. The van der Waals surface area contributed by atoms with E-state index in [0.29, 0.717) is 17.9 Å². The molecule has 1 nitrogen and oxygen atoms in total. The van der Waals surface area contributed by atoms with Crippen LogP contribution in [0.5, 0.6) is 0 Å². The van der Waals surface area contributed by atoms with Crippen LogP contribution in [-0.4, -0.2) is 6.54 Å². The summed E-state index contributed by atoms with van der Waals surface area (Å²) in [5.41, 5.74) is 4.16. The Morgan fingerprint density at radius 1 is 1.00 bits per heavy atom. The first kappa shape index (κ1) is 14.2. The number of hydrogen-bond acceptors (Lipinski definition) is 1. The zero-order chi connectivity index (χ0) is 13.0. The van der Waals surface area contributed by atoms with Crippen molar-refractivity contribution in [3.8, 4) is 0 Å². The van der Waals surface area contributed by atoms with Crippen LogP contribution in [0.15, 0.2) is 18.2 Å². The largest absolute Gasteiger partial charge is 0.310 e. The van der Waals surface area contributed by atoms with Crippen LogP contribution in [0, 0.1) is 25.7 Å². The fourth-order valence-electron chi connectivity index (χ4n) is 2.40. The van der Waals surface area contributed by atoms with Crippen LogP contribution in [0.4, 0.5) is 0 Å². The molecule has 0 heterocycles. The lowest BCUT2D eigenvalue weighted by molar-refractivity contribution is 0.307. The first-order valence-corrected chi connectivity index (χ1v) is 6.77. The minimum atomic E-state index is 0.471. The molecular formula is C16H27N.